The highest BCUT2D eigenvalue weighted by atomic mass is 16.2. The molecule has 29 heavy (non-hydrogen) atoms. The van der Waals surface area contributed by atoms with Crippen LogP contribution in [0.3, 0.4) is 0 Å². The Morgan fingerprint density at radius 2 is 1.97 bits per heavy atom. The van der Waals surface area contributed by atoms with Gasteiger partial charge in [-0.3, -0.25) is 9.59 Å². The van der Waals surface area contributed by atoms with Gasteiger partial charge in [0.1, 0.15) is 0 Å². The summed E-state index contributed by atoms with van der Waals surface area (Å²) >= 11 is 0. The number of carbonyl (C=O) groups excluding carboxylic acids is 2. The Bertz CT molecular complexity index is 1170. The first kappa shape index (κ1) is 17.6. The third kappa shape index (κ3) is 2.91. The van der Waals surface area contributed by atoms with Crippen LogP contribution >= 0.6 is 0 Å². The van der Waals surface area contributed by atoms with Gasteiger partial charge in [0.15, 0.2) is 0 Å². The van der Waals surface area contributed by atoms with Gasteiger partial charge in [0.2, 0.25) is 5.91 Å². The van der Waals surface area contributed by atoms with Gasteiger partial charge >= 0.3 is 0 Å². The standard InChI is InChI=1S/C22H21N5O2/c1-11-17-10-24-27-21(28)16-8-15(9-18(25-11)19(16)17)26-22(29)20(23)14-6-12-4-2-3-5-13(12)7-14/h2-5,8-10,14,20,25H,6-7,23H2,1H3,(H,26,29)(H,27,28)/t20-/m1/s1. The van der Waals surface area contributed by atoms with Crippen molar-refractivity contribution in [1.82, 2.24) is 10.4 Å². The average Bonchev–Trinajstić information content (AvgIpc) is 3.22. The number of anilines is 1. The number of nitrogens with two attached hydrogens (primary N) is 1. The summed E-state index contributed by atoms with van der Waals surface area (Å²) in [5.41, 5.74) is 14.9. The number of nitrogens with one attached hydrogen (secondary N) is 3. The molecule has 1 aliphatic heterocycles. The summed E-state index contributed by atoms with van der Waals surface area (Å²) in [7, 11) is 0. The molecule has 0 bridgehead atoms. The first-order valence-corrected chi connectivity index (χ1v) is 9.64. The molecule has 0 unspecified atom stereocenters. The molecule has 2 heterocycles. The number of carbonyl (C=O) groups is 2. The number of nitrogens with zero attached hydrogens (tertiary/aromatic N) is 1. The van der Waals surface area contributed by atoms with Crippen molar-refractivity contribution in [3.8, 4) is 0 Å². The Labute approximate surface area is 167 Å². The van der Waals surface area contributed by atoms with Crippen LogP contribution in [0.5, 0.6) is 0 Å². The highest BCUT2D eigenvalue weighted by Gasteiger charge is 2.31. The number of H-pyrrole nitrogens is 1. The minimum atomic E-state index is -0.629. The monoisotopic (exact) mass is 387 g/mol. The Kier molecular flexibility index (Phi) is 3.99. The number of hydrogen-bond donors (Lipinski definition) is 4. The minimum Gasteiger partial charge on any atom is -0.358 e. The molecule has 0 fully saturated rings. The maximum atomic E-state index is 12.9. The van der Waals surface area contributed by atoms with Crippen molar-refractivity contribution in [3.63, 3.8) is 0 Å². The van der Waals surface area contributed by atoms with Crippen molar-refractivity contribution in [2.75, 3.05) is 5.32 Å². The van der Waals surface area contributed by atoms with E-state index < -0.39 is 6.04 Å². The van der Waals surface area contributed by atoms with Gasteiger partial charge in [0.05, 0.1) is 17.8 Å². The molecule has 1 aliphatic carbocycles. The van der Waals surface area contributed by atoms with Crippen LogP contribution in [0.2, 0.25) is 0 Å². The van der Waals surface area contributed by atoms with E-state index in [0.29, 0.717) is 11.3 Å². The third-order valence-electron chi connectivity index (χ3n) is 5.90. The second-order valence-corrected chi connectivity index (χ2v) is 7.76. The van der Waals surface area contributed by atoms with E-state index in [9.17, 15) is 9.59 Å². The topological polar surface area (TPSA) is 112 Å². The molecule has 7 heteroatoms. The minimum absolute atomic E-state index is 0.0636. The second kappa shape index (κ2) is 6.56. The summed E-state index contributed by atoms with van der Waals surface area (Å²) < 4.78 is 0. The fourth-order valence-electron chi connectivity index (χ4n) is 4.40. The Morgan fingerprint density at radius 3 is 2.69 bits per heavy atom. The van der Waals surface area contributed by atoms with Crippen molar-refractivity contribution in [3.05, 3.63) is 64.3 Å². The van der Waals surface area contributed by atoms with E-state index in [4.69, 9.17) is 5.73 Å². The number of aryl methyl sites for hydroxylation is 1. The molecule has 0 saturated carbocycles. The molecule has 0 spiro atoms. The lowest BCUT2D eigenvalue weighted by Crippen LogP contribution is -2.42. The number of hydrazone groups is 1. The molecule has 0 radical (unpaired) electrons. The van der Waals surface area contributed by atoms with Crippen LogP contribution in [0, 0.1) is 12.8 Å². The molecule has 146 valence electrons. The maximum absolute atomic E-state index is 12.9. The number of rotatable bonds is 3. The smallest absolute Gasteiger partial charge is 0.272 e. The fourth-order valence-corrected chi connectivity index (χ4v) is 4.40. The van der Waals surface area contributed by atoms with Gasteiger partial charge in [-0.05, 0) is 48.9 Å². The van der Waals surface area contributed by atoms with Crippen molar-refractivity contribution in [2.45, 2.75) is 25.8 Å². The number of aromatic amines is 1. The number of aromatic nitrogens is 1. The molecule has 0 saturated heterocycles. The van der Waals surface area contributed by atoms with Gasteiger partial charge < -0.3 is 16.0 Å². The molecular weight excluding hydrogens is 366 g/mol. The van der Waals surface area contributed by atoms with E-state index in [1.54, 1.807) is 12.3 Å². The zero-order valence-corrected chi connectivity index (χ0v) is 16.0. The zero-order chi connectivity index (χ0) is 20.1. The fraction of sp³-hybridized carbons (Fsp3) is 0.227. The molecule has 1 aromatic heterocycles. The molecule has 1 atom stereocenters. The largest absolute Gasteiger partial charge is 0.358 e. The third-order valence-corrected chi connectivity index (χ3v) is 5.90. The first-order chi connectivity index (χ1) is 14.0. The number of amides is 2. The predicted octanol–water partition coefficient (Wildman–Crippen LogP) is 2.23. The quantitative estimate of drug-likeness (QED) is 0.553. The summed E-state index contributed by atoms with van der Waals surface area (Å²) in [6.07, 6.45) is 3.23. The highest BCUT2D eigenvalue weighted by molar-refractivity contribution is 6.16. The van der Waals surface area contributed by atoms with Gasteiger partial charge in [-0.15, -0.1) is 0 Å². The normalized spacial score (nSPS) is 16.4. The van der Waals surface area contributed by atoms with Crippen molar-refractivity contribution >= 4 is 34.6 Å². The molecule has 7 nitrogen and oxygen atoms in total. The summed E-state index contributed by atoms with van der Waals surface area (Å²) in [5.74, 6) is -0.493. The van der Waals surface area contributed by atoms with Crippen LogP contribution < -0.4 is 16.5 Å². The van der Waals surface area contributed by atoms with E-state index in [1.807, 2.05) is 25.1 Å². The Balaban J connectivity index is 1.42. The van der Waals surface area contributed by atoms with Crippen molar-refractivity contribution < 1.29 is 9.59 Å². The molecule has 2 amide bonds. The van der Waals surface area contributed by atoms with Crippen molar-refractivity contribution in [1.29, 1.82) is 0 Å². The molecule has 3 aromatic rings. The summed E-state index contributed by atoms with van der Waals surface area (Å²) in [6, 6.07) is 11.1. The number of benzene rings is 2. The molecule has 5 N–H and O–H groups in total. The van der Waals surface area contributed by atoms with E-state index >= 15 is 0 Å². The SMILES string of the molecule is Cc1[nH]c2cc(NC(=O)[C@H](N)C3Cc4ccccc4C3)cc3c2c1C=NNC3=O. The van der Waals surface area contributed by atoms with Gasteiger partial charge in [-0.2, -0.15) is 5.10 Å². The predicted molar refractivity (Wildman–Crippen MR) is 112 cm³/mol. The summed E-state index contributed by atoms with van der Waals surface area (Å²) in [6.45, 7) is 1.92. The highest BCUT2D eigenvalue weighted by Crippen LogP contribution is 2.31. The number of fused-ring (bicyclic) bond motifs is 1. The van der Waals surface area contributed by atoms with Gasteiger partial charge in [-0.25, -0.2) is 5.43 Å². The maximum Gasteiger partial charge on any atom is 0.272 e. The summed E-state index contributed by atoms with van der Waals surface area (Å²) in [4.78, 5) is 28.5. The van der Waals surface area contributed by atoms with Crippen molar-refractivity contribution in [2.24, 2.45) is 16.8 Å². The van der Waals surface area contributed by atoms with Gasteiger partial charge in [0.25, 0.3) is 5.91 Å². The Hall–Kier alpha value is -3.45. The van der Waals surface area contributed by atoms with Crippen LogP contribution in [-0.2, 0) is 17.6 Å². The van der Waals surface area contributed by atoms with E-state index in [2.05, 4.69) is 33.0 Å². The van der Waals surface area contributed by atoms with Gasteiger partial charge in [0, 0.05) is 27.8 Å². The second-order valence-electron chi connectivity index (χ2n) is 7.76. The first-order valence-electron chi connectivity index (χ1n) is 9.64. The van der Waals surface area contributed by atoms with Crippen LogP contribution in [0.15, 0.2) is 41.5 Å². The lowest BCUT2D eigenvalue weighted by Gasteiger charge is -2.18. The molecule has 2 aliphatic rings. The van der Waals surface area contributed by atoms with Gasteiger partial charge in [-0.1, -0.05) is 24.3 Å². The summed E-state index contributed by atoms with van der Waals surface area (Å²) in [5, 5.41) is 7.67. The Morgan fingerprint density at radius 1 is 1.24 bits per heavy atom. The lowest BCUT2D eigenvalue weighted by atomic mass is 9.96. The van der Waals surface area contributed by atoms with E-state index in [1.165, 1.54) is 11.1 Å². The van der Waals surface area contributed by atoms with Crippen LogP contribution in [0.25, 0.3) is 10.9 Å². The molecule has 5 rings (SSSR count). The molecule has 2 aromatic carbocycles. The van der Waals surface area contributed by atoms with Crippen LogP contribution in [-0.4, -0.2) is 29.1 Å². The average molecular weight is 387 g/mol. The van der Waals surface area contributed by atoms with E-state index in [0.717, 1.165) is 35.0 Å². The number of hydrogen-bond acceptors (Lipinski definition) is 4. The van der Waals surface area contributed by atoms with Crippen LogP contribution in [0.4, 0.5) is 5.69 Å². The lowest BCUT2D eigenvalue weighted by molar-refractivity contribution is -0.118. The zero-order valence-electron chi connectivity index (χ0n) is 16.0. The van der Waals surface area contributed by atoms with Crippen LogP contribution in [0.1, 0.15) is 32.7 Å². The molecular formula is C22H21N5O2. The van der Waals surface area contributed by atoms with E-state index in [-0.39, 0.29) is 17.7 Å².